The van der Waals surface area contributed by atoms with Crippen molar-refractivity contribution in [2.75, 3.05) is 11.1 Å². The topological polar surface area (TPSA) is 73.1 Å². The van der Waals surface area contributed by atoms with Crippen molar-refractivity contribution in [1.29, 1.82) is 0 Å². The van der Waals surface area contributed by atoms with E-state index in [1.807, 2.05) is 33.0 Å². The largest absolute Gasteiger partial charge is 0.470 e. The van der Waals surface area contributed by atoms with E-state index in [0.717, 1.165) is 17.2 Å². The zero-order valence-electron chi connectivity index (χ0n) is 12.9. The molecule has 0 spiro atoms. The van der Waals surface area contributed by atoms with Gasteiger partial charge in [-0.15, -0.1) is 11.3 Å². The molecule has 0 atom stereocenters. The van der Waals surface area contributed by atoms with Gasteiger partial charge in [0.2, 0.25) is 5.88 Å². The van der Waals surface area contributed by atoms with Crippen molar-refractivity contribution in [2.24, 2.45) is 0 Å². The second kappa shape index (κ2) is 6.30. The highest BCUT2D eigenvalue weighted by Gasteiger charge is 2.15. The van der Waals surface area contributed by atoms with Gasteiger partial charge < -0.3 is 15.8 Å². The SMILES string of the molecule is CCc1cnc(CNc2ccc(N)c(OC(C)(C)C)n2)s1. The van der Waals surface area contributed by atoms with Crippen molar-refractivity contribution in [3.8, 4) is 5.88 Å². The molecule has 21 heavy (non-hydrogen) atoms. The van der Waals surface area contributed by atoms with E-state index >= 15 is 0 Å². The Hall–Kier alpha value is -1.82. The van der Waals surface area contributed by atoms with Crippen molar-refractivity contribution < 1.29 is 4.74 Å². The van der Waals surface area contributed by atoms with Gasteiger partial charge in [-0.1, -0.05) is 6.92 Å². The number of nitrogen functional groups attached to an aromatic ring is 1. The number of rotatable bonds is 5. The number of anilines is 2. The van der Waals surface area contributed by atoms with E-state index in [0.29, 0.717) is 18.1 Å². The Labute approximate surface area is 129 Å². The van der Waals surface area contributed by atoms with E-state index in [4.69, 9.17) is 10.5 Å². The third-order valence-corrected chi connectivity index (χ3v) is 3.80. The summed E-state index contributed by atoms with van der Waals surface area (Å²) in [7, 11) is 0. The first kappa shape index (κ1) is 15.6. The summed E-state index contributed by atoms with van der Waals surface area (Å²) >= 11 is 1.71. The Morgan fingerprint density at radius 1 is 1.33 bits per heavy atom. The van der Waals surface area contributed by atoms with Gasteiger partial charge in [0.1, 0.15) is 16.4 Å². The van der Waals surface area contributed by atoms with E-state index in [1.54, 1.807) is 17.4 Å². The summed E-state index contributed by atoms with van der Waals surface area (Å²) in [6, 6.07) is 3.65. The minimum Gasteiger partial charge on any atom is -0.470 e. The van der Waals surface area contributed by atoms with Crippen LogP contribution in [0.5, 0.6) is 5.88 Å². The lowest BCUT2D eigenvalue weighted by atomic mass is 10.2. The third-order valence-electron chi connectivity index (χ3n) is 2.66. The van der Waals surface area contributed by atoms with Crippen molar-refractivity contribution in [3.05, 3.63) is 28.2 Å². The summed E-state index contributed by atoms with van der Waals surface area (Å²) in [5.74, 6) is 1.19. The van der Waals surface area contributed by atoms with E-state index in [2.05, 4.69) is 22.2 Å². The molecule has 2 aromatic rings. The molecule has 5 nitrogen and oxygen atoms in total. The van der Waals surface area contributed by atoms with Crippen LogP contribution in [0.25, 0.3) is 0 Å². The average Bonchev–Trinajstić information content (AvgIpc) is 2.86. The number of hydrogen-bond acceptors (Lipinski definition) is 6. The molecule has 6 heteroatoms. The quantitative estimate of drug-likeness (QED) is 0.885. The maximum atomic E-state index is 5.90. The average molecular weight is 306 g/mol. The Bertz CT molecular complexity index is 604. The summed E-state index contributed by atoms with van der Waals surface area (Å²) in [4.78, 5) is 10.1. The maximum Gasteiger partial charge on any atom is 0.239 e. The summed E-state index contributed by atoms with van der Waals surface area (Å²) < 4.78 is 5.76. The van der Waals surface area contributed by atoms with Gasteiger partial charge in [0.05, 0.1) is 12.2 Å². The first-order valence-electron chi connectivity index (χ1n) is 7.00. The van der Waals surface area contributed by atoms with Crippen LogP contribution in [0.4, 0.5) is 11.5 Å². The Morgan fingerprint density at radius 3 is 2.71 bits per heavy atom. The van der Waals surface area contributed by atoms with Crippen LogP contribution in [0.3, 0.4) is 0 Å². The molecule has 0 bridgehead atoms. The molecule has 0 aliphatic carbocycles. The number of pyridine rings is 1. The number of aryl methyl sites for hydroxylation is 1. The van der Waals surface area contributed by atoms with Crippen LogP contribution in [0.1, 0.15) is 37.6 Å². The monoisotopic (exact) mass is 306 g/mol. The first-order chi connectivity index (χ1) is 9.87. The predicted octanol–water partition coefficient (Wildman–Crippen LogP) is 3.47. The van der Waals surface area contributed by atoms with Crippen molar-refractivity contribution in [3.63, 3.8) is 0 Å². The summed E-state index contributed by atoms with van der Waals surface area (Å²) in [6.07, 6.45) is 2.94. The highest BCUT2D eigenvalue weighted by atomic mass is 32.1. The lowest BCUT2D eigenvalue weighted by Gasteiger charge is -2.21. The van der Waals surface area contributed by atoms with E-state index < -0.39 is 0 Å². The van der Waals surface area contributed by atoms with Gasteiger partial charge in [-0.05, 0) is 39.3 Å². The normalized spacial score (nSPS) is 11.4. The molecule has 0 saturated heterocycles. The number of ether oxygens (including phenoxy) is 1. The number of thiazole rings is 1. The summed E-state index contributed by atoms with van der Waals surface area (Å²) in [6.45, 7) is 8.68. The van der Waals surface area contributed by atoms with Crippen LogP contribution in [-0.4, -0.2) is 15.6 Å². The fourth-order valence-electron chi connectivity index (χ4n) is 1.68. The molecule has 2 heterocycles. The van der Waals surface area contributed by atoms with Crippen LogP contribution in [0, 0.1) is 0 Å². The number of aromatic nitrogens is 2. The van der Waals surface area contributed by atoms with Crippen molar-refractivity contribution >= 4 is 22.8 Å². The molecule has 0 saturated carbocycles. The lowest BCUT2D eigenvalue weighted by molar-refractivity contribution is 0.125. The zero-order valence-corrected chi connectivity index (χ0v) is 13.8. The molecule has 0 fully saturated rings. The molecule has 3 N–H and O–H groups in total. The minimum absolute atomic E-state index is 0.328. The molecular weight excluding hydrogens is 284 g/mol. The molecule has 0 amide bonds. The van der Waals surface area contributed by atoms with Crippen LogP contribution in [0.15, 0.2) is 18.3 Å². The molecule has 0 aliphatic rings. The Balaban J connectivity index is 2.05. The number of nitrogens with zero attached hydrogens (tertiary/aromatic N) is 2. The molecule has 114 valence electrons. The number of nitrogens with one attached hydrogen (secondary N) is 1. The van der Waals surface area contributed by atoms with E-state index in [-0.39, 0.29) is 5.60 Å². The second-order valence-electron chi connectivity index (χ2n) is 5.73. The molecule has 0 radical (unpaired) electrons. The van der Waals surface area contributed by atoms with Gasteiger partial charge in [-0.3, -0.25) is 0 Å². The van der Waals surface area contributed by atoms with Gasteiger partial charge in [0.25, 0.3) is 0 Å². The highest BCUT2D eigenvalue weighted by molar-refractivity contribution is 7.11. The zero-order chi connectivity index (χ0) is 15.5. The summed E-state index contributed by atoms with van der Waals surface area (Å²) in [5, 5.41) is 4.30. The van der Waals surface area contributed by atoms with Crippen LogP contribution >= 0.6 is 11.3 Å². The maximum absolute atomic E-state index is 5.90. The number of nitrogens with two attached hydrogens (primary N) is 1. The van der Waals surface area contributed by atoms with Crippen LogP contribution < -0.4 is 15.8 Å². The highest BCUT2D eigenvalue weighted by Crippen LogP contribution is 2.25. The van der Waals surface area contributed by atoms with Gasteiger partial charge >= 0.3 is 0 Å². The van der Waals surface area contributed by atoms with Gasteiger partial charge in [-0.25, -0.2) is 4.98 Å². The molecule has 2 rings (SSSR count). The van der Waals surface area contributed by atoms with E-state index in [9.17, 15) is 0 Å². The molecule has 2 aromatic heterocycles. The molecule has 0 unspecified atom stereocenters. The second-order valence-corrected chi connectivity index (χ2v) is 6.93. The fraction of sp³-hybridized carbons (Fsp3) is 0.467. The summed E-state index contributed by atoms with van der Waals surface area (Å²) in [5.41, 5.74) is 6.11. The Kier molecular flexibility index (Phi) is 4.67. The fourth-order valence-corrected chi connectivity index (χ4v) is 2.48. The third kappa shape index (κ3) is 4.60. The molecular formula is C15H22N4OS. The minimum atomic E-state index is -0.328. The van der Waals surface area contributed by atoms with Gasteiger partial charge in [0, 0.05) is 11.1 Å². The van der Waals surface area contributed by atoms with Crippen LogP contribution in [0.2, 0.25) is 0 Å². The first-order valence-corrected chi connectivity index (χ1v) is 7.82. The smallest absolute Gasteiger partial charge is 0.239 e. The number of hydrogen-bond donors (Lipinski definition) is 2. The molecule has 0 aliphatic heterocycles. The van der Waals surface area contributed by atoms with Crippen molar-refractivity contribution in [2.45, 2.75) is 46.3 Å². The predicted molar refractivity (Wildman–Crippen MR) is 87.8 cm³/mol. The lowest BCUT2D eigenvalue weighted by Crippen LogP contribution is -2.24. The van der Waals surface area contributed by atoms with Gasteiger partial charge in [0.15, 0.2) is 0 Å². The standard InChI is InChI=1S/C15H22N4OS/c1-5-10-8-18-13(21-10)9-17-12-7-6-11(16)14(19-12)20-15(2,3)4/h6-8H,5,9,16H2,1-4H3,(H,17,19). The van der Waals surface area contributed by atoms with Gasteiger partial charge in [-0.2, -0.15) is 4.98 Å². The van der Waals surface area contributed by atoms with E-state index in [1.165, 1.54) is 4.88 Å². The molecule has 0 aromatic carbocycles. The van der Waals surface area contributed by atoms with Crippen molar-refractivity contribution in [1.82, 2.24) is 9.97 Å². The Morgan fingerprint density at radius 2 is 2.10 bits per heavy atom. The van der Waals surface area contributed by atoms with Crippen LogP contribution in [-0.2, 0) is 13.0 Å².